The van der Waals surface area contributed by atoms with Crippen molar-refractivity contribution in [2.75, 3.05) is 0 Å². The second-order valence-electron chi connectivity index (χ2n) is 11.4. The molecule has 2 heterocycles. The van der Waals surface area contributed by atoms with E-state index in [0.717, 1.165) is 53.6 Å². The Hall–Kier alpha value is -6.23. The zero-order valence-corrected chi connectivity index (χ0v) is 26.5. The number of hydrogen-bond acceptors (Lipinski definition) is 4. The van der Waals surface area contributed by atoms with Crippen LogP contribution in [-0.4, -0.2) is 15.0 Å². The van der Waals surface area contributed by atoms with E-state index < -0.39 is 60.4 Å². The molecule has 0 radical (unpaired) electrons. The molecule has 9 rings (SSSR count). The Balaban J connectivity index is 1.20. The average Bonchev–Trinajstić information content (AvgIpc) is 3.64. The van der Waals surface area contributed by atoms with E-state index >= 15 is 0 Å². The van der Waals surface area contributed by atoms with Crippen molar-refractivity contribution in [2.45, 2.75) is 0 Å². The number of aromatic nitrogens is 3. The highest BCUT2D eigenvalue weighted by molar-refractivity contribution is 7.25. The molecule has 0 N–H and O–H groups in total. The molecule has 0 aliphatic carbocycles. The van der Waals surface area contributed by atoms with Crippen LogP contribution in [-0.2, 0) is 0 Å². The van der Waals surface area contributed by atoms with Crippen molar-refractivity contribution in [1.29, 1.82) is 0 Å². The van der Waals surface area contributed by atoms with Crippen molar-refractivity contribution in [3.05, 3.63) is 176 Å². The Morgan fingerprint density at radius 2 is 0.755 bits per heavy atom. The lowest BCUT2D eigenvalue weighted by Crippen LogP contribution is -1.99. The summed E-state index contributed by atoms with van der Waals surface area (Å²) in [4.78, 5) is 13.6. The third-order valence-corrected chi connectivity index (χ3v) is 9.41. The monoisotopic (exact) mass is 653 g/mol. The van der Waals surface area contributed by atoms with Gasteiger partial charge in [-0.2, -0.15) is 0 Å². The molecule has 4 heteroatoms. The number of thiophene rings is 1. The molecule has 9 aromatic rings. The van der Waals surface area contributed by atoms with Crippen LogP contribution in [0.15, 0.2) is 176 Å². The fourth-order valence-electron chi connectivity index (χ4n) is 5.94. The molecule has 0 unspecified atom stereocenters. The summed E-state index contributed by atoms with van der Waals surface area (Å²) in [5.41, 5.74) is 6.41. The van der Waals surface area contributed by atoms with Gasteiger partial charge >= 0.3 is 0 Å². The van der Waals surface area contributed by atoms with Crippen LogP contribution in [0.25, 0.3) is 87.7 Å². The van der Waals surface area contributed by atoms with E-state index in [1.165, 1.54) is 0 Å². The van der Waals surface area contributed by atoms with Crippen LogP contribution in [0.1, 0.15) is 13.7 Å². The van der Waals surface area contributed by atoms with Gasteiger partial charge in [0.2, 0.25) is 0 Å². The summed E-state index contributed by atoms with van der Waals surface area (Å²) in [6.45, 7) is 0. The minimum Gasteiger partial charge on any atom is -0.208 e. The van der Waals surface area contributed by atoms with E-state index in [2.05, 4.69) is 75.6 Å². The van der Waals surface area contributed by atoms with E-state index in [-0.39, 0.29) is 28.6 Å². The first-order valence-corrected chi connectivity index (χ1v) is 16.3. The standard InChI is InChI=1S/C45H29N3S/c1-5-13-30(14-6-1)36-25-37(31-15-7-2-8-16-31)27-38(26-36)34-21-23-39-40-24-22-35(29-42(40)49-41(39)28-34)45-47-43(32-17-9-3-10-18-32)46-44(48-45)33-19-11-4-12-20-33/h1-29H/i3D,4D,9D,10D,11D,12D,17D,18D,19D,20D. The lowest BCUT2D eigenvalue weighted by atomic mass is 9.93. The number of benzene rings is 7. The summed E-state index contributed by atoms with van der Waals surface area (Å²) < 4.78 is 85.7. The highest BCUT2D eigenvalue weighted by atomic mass is 32.1. The number of rotatable bonds is 6. The zero-order chi connectivity index (χ0) is 41.3. The molecular formula is C45H29N3S. The van der Waals surface area contributed by atoms with Crippen molar-refractivity contribution in [3.63, 3.8) is 0 Å². The predicted molar refractivity (Wildman–Crippen MR) is 205 cm³/mol. The molecule has 0 aliphatic heterocycles. The minimum absolute atomic E-state index is 0.0230. The van der Waals surface area contributed by atoms with Crippen molar-refractivity contribution in [2.24, 2.45) is 0 Å². The maximum atomic E-state index is 8.63. The Kier molecular flexibility index (Phi) is 5.12. The normalized spacial score (nSPS) is 14.1. The quantitative estimate of drug-likeness (QED) is 0.179. The summed E-state index contributed by atoms with van der Waals surface area (Å²) in [5.74, 6) is -0.583. The predicted octanol–water partition coefficient (Wildman–Crippen LogP) is 12.2. The smallest absolute Gasteiger partial charge is 0.164 e. The van der Waals surface area contributed by atoms with Gasteiger partial charge in [0.1, 0.15) is 0 Å². The van der Waals surface area contributed by atoms with E-state index in [0.29, 0.717) is 5.56 Å². The first-order valence-electron chi connectivity index (χ1n) is 20.5. The van der Waals surface area contributed by atoms with Crippen LogP contribution in [0.2, 0.25) is 0 Å². The topological polar surface area (TPSA) is 38.7 Å². The van der Waals surface area contributed by atoms with Gasteiger partial charge in [-0.1, -0.05) is 145 Å². The van der Waals surface area contributed by atoms with Crippen molar-refractivity contribution in [3.8, 4) is 67.5 Å². The van der Waals surface area contributed by atoms with Gasteiger partial charge in [-0.15, -0.1) is 11.3 Å². The molecule has 0 amide bonds. The van der Waals surface area contributed by atoms with Crippen LogP contribution in [0.3, 0.4) is 0 Å². The summed E-state index contributed by atoms with van der Waals surface area (Å²) >= 11 is 1.57. The van der Waals surface area contributed by atoms with Crippen LogP contribution in [0, 0.1) is 0 Å². The summed E-state index contributed by atoms with van der Waals surface area (Å²) in [6, 6.07) is 33.4. The molecule has 230 valence electrons. The van der Waals surface area contributed by atoms with Crippen molar-refractivity contribution in [1.82, 2.24) is 15.0 Å². The van der Waals surface area contributed by atoms with Crippen molar-refractivity contribution < 1.29 is 13.7 Å². The lowest BCUT2D eigenvalue weighted by Gasteiger charge is -2.11. The Morgan fingerprint density at radius 3 is 1.24 bits per heavy atom. The first-order chi connectivity index (χ1) is 28.4. The van der Waals surface area contributed by atoms with E-state index in [4.69, 9.17) is 13.7 Å². The molecule has 2 aromatic heterocycles. The summed E-state index contributed by atoms with van der Waals surface area (Å²) in [6.07, 6.45) is 0. The molecule has 0 saturated heterocycles. The van der Waals surface area contributed by atoms with Gasteiger partial charge < -0.3 is 0 Å². The highest BCUT2D eigenvalue weighted by Crippen LogP contribution is 2.40. The van der Waals surface area contributed by atoms with Gasteiger partial charge in [-0.25, -0.2) is 15.0 Å². The van der Waals surface area contributed by atoms with E-state index in [1.807, 2.05) is 48.5 Å². The fraction of sp³-hybridized carbons (Fsp3) is 0. The minimum atomic E-state index is -0.596. The van der Waals surface area contributed by atoms with Gasteiger partial charge in [-0.05, 0) is 63.7 Å². The Morgan fingerprint density at radius 1 is 0.347 bits per heavy atom. The van der Waals surface area contributed by atoms with Crippen LogP contribution < -0.4 is 0 Å². The first kappa shape index (κ1) is 20.2. The van der Waals surface area contributed by atoms with Gasteiger partial charge in [0, 0.05) is 36.9 Å². The molecule has 0 bridgehead atoms. The third-order valence-electron chi connectivity index (χ3n) is 8.29. The molecule has 0 fully saturated rings. The highest BCUT2D eigenvalue weighted by Gasteiger charge is 2.15. The molecule has 0 spiro atoms. The van der Waals surface area contributed by atoms with E-state index in [9.17, 15) is 0 Å². The second-order valence-corrected chi connectivity index (χ2v) is 12.4. The zero-order valence-electron chi connectivity index (χ0n) is 35.7. The van der Waals surface area contributed by atoms with Crippen LogP contribution in [0.4, 0.5) is 0 Å². The summed E-state index contributed by atoms with van der Waals surface area (Å²) in [7, 11) is 0. The largest absolute Gasteiger partial charge is 0.208 e. The van der Waals surface area contributed by atoms with Gasteiger partial charge in [0.05, 0.1) is 13.7 Å². The molecule has 0 aliphatic rings. The summed E-state index contributed by atoms with van der Waals surface area (Å²) in [5, 5.41) is 2.02. The third kappa shape index (κ3) is 5.69. The SMILES string of the molecule is [2H]c1c([2H])c([2H])c(-c2nc(-c3ccc4c(c3)sc3cc(-c5cc(-c6ccccc6)cc(-c6ccccc6)c5)ccc34)nc(-c3c([2H])c([2H])c([2H])c([2H])c3[2H])n2)c([2H])c1[2H]. The van der Waals surface area contributed by atoms with Gasteiger partial charge in [-0.3, -0.25) is 0 Å². The number of hydrogen-bond donors (Lipinski definition) is 0. The molecular weight excluding hydrogens is 615 g/mol. The Bertz CT molecular complexity index is 2970. The lowest BCUT2D eigenvalue weighted by molar-refractivity contribution is 1.07. The molecule has 7 aromatic carbocycles. The van der Waals surface area contributed by atoms with Gasteiger partial charge in [0.15, 0.2) is 17.5 Å². The second kappa shape index (κ2) is 12.4. The maximum absolute atomic E-state index is 8.63. The molecule has 3 nitrogen and oxygen atoms in total. The molecule has 0 saturated carbocycles. The average molecular weight is 654 g/mol. The van der Waals surface area contributed by atoms with Crippen molar-refractivity contribution >= 4 is 31.5 Å². The van der Waals surface area contributed by atoms with Crippen LogP contribution >= 0.6 is 11.3 Å². The van der Waals surface area contributed by atoms with Gasteiger partial charge in [0.25, 0.3) is 0 Å². The fourth-order valence-corrected chi connectivity index (χ4v) is 7.12. The maximum Gasteiger partial charge on any atom is 0.164 e. The Labute approximate surface area is 302 Å². The van der Waals surface area contributed by atoms with Crippen LogP contribution in [0.5, 0.6) is 0 Å². The number of nitrogens with zero attached hydrogens (tertiary/aromatic N) is 3. The molecule has 0 atom stereocenters. The number of fused-ring (bicyclic) bond motifs is 3. The van der Waals surface area contributed by atoms with E-state index in [1.54, 1.807) is 17.4 Å². The molecule has 49 heavy (non-hydrogen) atoms.